The quantitative estimate of drug-likeness (QED) is 0.0265. The molecule has 57 heavy (non-hydrogen) atoms. The van der Waals surface area contributed by atoms with Crippen molar-refractivity contribution in [3.63, 3.8) is 0 Å². The van der Waals surface area contributed by atoms with Gasteiger partial charge in [0.15, 0.2) is 6.10 Å². The molecule has 0 rings (SSSR count). The molecule has 6 heteroatoms. The molecule has 0 saturated heterocycles. The lowest BCUT2D eigenvalue weighted by Crippen LogP contribution is -2.30. The van der Waals surface area contributed by atoms with Crippen molar-refractivity contribution in [1.82, 2.24) is 0 Å². The maximum Gasteiger partial charge on any atom is 0.306 e. The average Bonchev–Trinajstić information content (AvgIpc) is 3.21. The minimum Gasteiger partial charge on any atom is -0.462 e. The summed E-state index contributed by atoms with van der Waals surface area (Å²) in [6.07, 6.45) is 56.1. The molecule has 0 heterocycles. The summed E-state index contributed by atoms with van der Waals surface area (Å²) in [7, 11) is 0. The zero-order valence-electron chi connectivity index (χ0n) is 37.1. The first kappa shape index (κ1) is 53.9. The van der Waals surface area contributed by atoms with Crippen molar-refractivity contribution >= 4 is 17.9 Å². The van der Waals surface area contributed by atoms with Gasteiger partial charge in [-0.3, -0.25) is 14.4 Å². The molecule has 0 amide bonds. The van der Waals surface area contributed by atoms with Crippen LogP contribution in [0.2, 0.25) is 0 Å². The molecule has 0 aliphatic carbocycles. The van der Waals surface area contributed by atoms with Gasteiger partial charge in [-0.05, 0) is 77.0 Å². The summed E-state index contributed by atoms with van der Waals surface area (Å²) in [5.74, 6) is -1.01. The van der Waals surface area contributed by atoms with Crippen LogP contribution >= 0.6 is 0 Å². The van der Waals surface area contributed by atoms with Crippen molar-refractivity contribution in [2.45, 2.75) is 219 Å². The van der Waals surface area contributed by atoms with Gasteiger partial charge in [-0.25, -0.2) is 0 Å². The largest absolute Gasteiger partial charge is 0.462 e. The summed E-state index contributed by atoms with van der Waals surface area (Å²) in [5.41, 5.74) is 0. The fourth-order valence-corrected chi connectivity index (χ4v) is 6.19. The molecule has 0 aliphatic heterocycles. The van der Waals surface area contributed by atoms with Crippen molar-refractivity contribution in [3.8, 4) is 0 Å². The van der Waals surface area contributed by atoms with Crippen LogP contribution < -0.4 is 0 Å². The molecule has 0 radical (unpaired) electrons. The van der Waals surface area contributed by atoms with Crippen LogP contribution in [0.15, 0.2) is 72.9 Å². The minimum absolute atomic E-state index is 0.107. The van der Waals surface area contributed by atoms with E-state index in [1.165, 1.54) is 83.5 Å². The van der Waals surface area contributed by atoms with Gasteiger partial charge in [-0.15, -0.1) is 0 Å². The van der Waals surface area contributed by atoms with Crippen molar-refractivity contribution in [3.05, 3.63) is 72.9 Å². The van der Waals surface area contributed by atoms with Gasteiger partial charge in [0, 0.05) is 19.3 Å². The molecule has 0 bridgehead atoms. The molecule has 1 unspecified atom stereocenters. The van der Waals surface area contributed by atoms with Crippen LogP contribution in [-0.4, -0.2) is 37.2 Å². The number of allylic oxidation sites excluding steroid dienone is 12. The number of ether oxygens (including phenoxy) is 3. The summed E-state index contributed by atoms with van der Waals surface area (Å²) >= 11 is 0. The Hall–Kier alpha value is -3.15. The average molecular weight is 795 g/mol. The molecule has 0 aliphatic rings. The van der Waals surface area contributed by atoms with Gasteiger partial charge in [-0.1, -0.05) is 190 Å². The van der Waals surface area contributed by atoms with E-state index < -0.39 is 6.10 Å². The molecule has 0 aromatic rings. The van der Waals surface area contributed by atoms with E-state index in [1.807, 2.05) is 6.08 Å². The summed E-state index contributed by atoms with van der Waals surface area (Å²) in [6, 6.07) is 0. The molecule has 0 saturated carbocycles. The molecule has 0 fully saturated rings. The molecule has 0 N–H and O–H groups in total. The third-order valence-corrected chi connectivity index (χ3v) is 9.71. The lowest BCUT2D eigenvalue weighted by molar-refractivity contribution is -0.166. The van der Waals surface area contributed by atoms with E-state index >= 15 is 0 Å². The highest BCUT2D eigenvalue weighted by molar-refractivity contribution is 5.71. The Morgan fingerprint density at radius 1 is 0.368 bits per heavy atom. The van der Waals surface area contributed by atoms with E-state index in [9.17, 15) is 14.4 Å². The minimum atomic E-state index is -0.815. The lowest BCUT2D eigenvalue weighted by atomic mass is 10.1. The number of carbonyl (C=O) groups excluding carboxylic acids is 3. The van der Waals surface area contributed by atoms with Crippen LogP contribution in [0.1, 0.15) is 213 Å². The van der Waals surface area contributed by atoms with E-state index in [0.29, 0.717) is 19.3 Å². The number of rotatable bonds is 41. The lowest BCUT2D eigenvalue weighted by Gasteiger charge is -2.18. The Morgan fingerprint density at radius 3 is 1.16 bits per heavy atom. The maximum atomic E-state index is 12.7. The fraction of sp³-hybridized carbons (Fsp3) is 0.706. The fourth-order valence-electron chi connectivity index (χ4n) is 6.19. The highest BCUT2D eigenvalue weighted by Gasteiger charge is 2.19. The Labute approximate surface area is 351 Å². The molecular weight excluding hydrogens is 709 g/mol. The van der Waals surface area contributed by atoms with E-state index in [0.717, 1.165) is 83.5 Å². The Balaban J connectivity index is 4.49. The smallest absolute Gasteiger partial charge is 0.306 e. The highest BCUT2D eigenvalue weighted by Crippen LogP contribution is 2.13. The van der Waals surface area contributed by atoms with Gasteiger partial charge >= 0.3 is 17.9 Å². The number of hydrogen-bond donors (Lipinski definition) is 0. The maximum absolute atomic E-state index is 12.7. The monoisotopic (exact) mass is 795 g/mol. The number of hydrogen-bond acceptors (Lipinski definition) is 6. The molecule has 6 nitrogen and oxygen atoms in total. The van der Waals surface area contributed by atoms with Crippen LogP contribution in [0.25, 0.3) is 0 Å². The first-order chi connectivity index (χ1) is 28.0. The predicted octanol–water partition coefficient (Wildman–Crippen LogP) is 15.1. The second-order valence-corrected chi connectivity index (χ2v) is 15.3. The second kappa shape index (κ2) is 45.6. The Morgan fingerprint density at radius 2 is 0.719 bits per heavy atom. The van der Waals surface area contributed by atoms with Crippen molar-refractivity contribution in [2.24, 2.45) is 0 Å². The molecule has 0 aromatic carbocycles. The summed E-state index contributed by atoms with van der Waals surface area (Å²) in [5, 5.41) is 0. The van der Waals surface area contributed by atoms with E-state index in [4.69, 9.17) is 14.2 Å². The van der Waals surface area contributed by atoms with Gasteiger partial charge in [0.05, 0.1) is 0 Å². The number of carbonyl (C=O) groups is 3. The van der Waals surface area contributed by atoms with Gasteiger partial charge in [0.25, 0.3) is 0 Å². The number of esters is 3. The molecule has 0 spiro atoms. The Bertz CT molecular complexity index is 1100. The zero-order valence-corrected chi connectivity index (χ0v) is 37.1. The van der Waals surface area contributed by atoms with Crippen LogP contribution in [0, 0.1) is 0 Å². The zero-order chi connectivity index (χ0) is 41.5. The Kier molecular flexibility index (Phi) is 43.0. The molecule has 326 valence electrons. The van der Waals surface area contributed by atoms with Crippen LogP contribution in [-0.2, 0) is 28.6 Å². The van der Waals surface area contributed by atoms with Crippen LogP contribution in [0.5, 0.6) is 0 Å². The standard InChI is InChI=1S/C51H86O6/c1-4-7-10-13-16-19-22-24-25-26-28-29-32-35-38-41-44-50(53)56-47-48(46-55-49(52)43-40-37-34-31-21-18-15-12-9-6-3)57-51(54)45-42-39-36-33-30-27-23-20-17-14-11-8-5-2/h7,10,16,19,24-25,27-30,36,39,48H,4-6,8-9,11-15,17-18,20-23,26,31-35,37-38,40-47H2,1-3H3/b10-7-,19-16-,25-24-,29-28-,30-27-,39-36-. The van der Waals surface area contributed by atoms with E-state index in [1.54, 1.807) is 0 Å². The molecule has 1 atom stereocenters. The van der Waals surface area contributed by atoms with Crippen molar-refractivity contribution < 1.29 is 28.6 Å². The van der Waals surface area contributed by atoms with Crippen molar-refractivity contribution in [2.75, 3.05) is 13.2 Å². The first-order valence-electron chi connectivity index (χ1n) is 23.4. The summed E-state index contributed by atoms with van der Waals surface area (Å²) in [4.78, 5) is 37.7. The summed E-state index contributed by atoms with van der Waals surface area (Å²) in [6.45, 7) is 6.41. The van der Waals surface area contributed by atoms with E-state index in [2.05, 4.69) is 87.6 Å². The van der Waals surface area contributed by atoms with Crippen LogP contribution in [0.3, 0.4) is 0 Å². The highest BCUT2D eigenvalue weighted by atomic mass is 16.6. The number of unbranched alkanes of at least 4 members (excludes halogenated alkanes) is 18. The first-order valence-corrected chi connectivity index (χ1v) is 23.4. The van der Waals surface area contributed by atoms with Gasteiger partial charge in [0.1, 0.15) is 13.2 Å². The molecule has 0 aromatic heterocycles. The van der Waals surface area contributed by atoms with Gasteiger partial charge in [0.2, 0.25) is 0 Å². The van der Waals surface area contributed by atoms with E-state index in [-0.39, 0.29) is 37.5 Å². The topological polar surface area (TPSA) is 78.9 Å². The normalized spacial score (nSPS) is 12.7. The van der Waals surface area contributed by atoms with Crippen LogP contribution in [0.4, 0.5) is 0 Å². The van der Waals surface area contributed by atoms with Gasteiger partial charge in [-0.2, -0.15) is 0 Å². The SMILES string of the molecule is CC/C=C\C/C=C\C/C=C\C/C=C\CCCCCC(=O)OCC(COC(=O)CCCCCCCCCCCC)OC(=O)CC/C=C\C/C=C\CCCCCCCC. The summed E-state index contributed by atoms with van der Waals surface area (Å²) < 4.78 is 16.6. The third-order valence-electron chi connectivity index (χ3n) is 9.71. The van der Waals surface area contributed by atoms with Gasteiger partial charge < -0.3 is 14.2 Å². The third kappa shape index (κ3) is 43.8. The predicted molar refractivity (Wildman–Crippen MR) is 242 cm³/mol. The second-order valence-electron chi connectivity index (χ2n) is 15.3. The molecular formula is C51H86O6. The van der Waals surface area contributed by atoms with Crippen molar-refractivity contribution in [1.29, 1.82) is 0 Å².